The molecule has 1 aliphatic rings. The number of halogens is 1. The Morgan fingerprint density at radius 3 is 2.38 bits per heavy atom. The van der Waals surface area contributed by atoms with Gasteiger partial charge in [-0.05, 0) is 24.5 Å². The summed E-state index contributed by atoms with van der Waals surface area (Å²) >= 11 is 3.53. The molecule has 2 nitrogen and oxygen atoms in total. The van der Waals surface area contributed by atoms with Crippen LogP contribution in [-0.4, -0.2) is 5.91 Å². The lowest BCUT2D eigenvalue weighted by Crippen LogP contribution is -2.43. The molecule has 0 radical (unpaired) electrons. The first-order valence-electron chi connectivity index (χ1n) is 5.72. The number of benzene rings is 1. The van der Waals surface area contributed by atoms with Crippen LogP contribution >= 0.6 is 15.9 Å². The second kappa shape index (κ2) is 4.58. The number of carbonyl (C=O) groups is 1. The molecule has 0 bridgehead atoms. The molecule has 1 saturated carbocycles. The van der Waals surface area contributed by atoms with Gasteiger partial charge in [-0.25, -0.2) is 0 Å². The van der Waals surface area contributed by atoms with E-state index < -0.39 is 5.41 Å². The van der Waals surface area contributed by atoms with Crippen molar-refractivity contribution in [3.63, 3.8) is 0 Å². The van der Waals surface area contributed by atoms with Crippen LogP contribution in [0, 0.1) is 0 Å². The summed E-state index contributed by atoms with van der Waals surface area (Å²) in [6.45, 7) is 0. The van der Waals surface area contributed by atoms with Crippen LogP contribution in [0.2, 0.25) is 0 Å². The van der Waals surface area contributed by atoms with E-state index in [4.69, 9.17) is 5.73 Å². The van der Waals surface area contributed by atoms with Gasteiger partial charge in [0.05, 0.1) is 5.41 Å². The van der Waals surface area contributed by atoms with E-state index in [2.05, 4.69) is 15.9 Å². The number of amides is 1. The quantitative estimate of drug-likeness (QED) is 0.889. The van der Waals surface area contributed by atoms with Gasteiger partial charge in [0.1, 0.15) is 0 Å². The summed E-state index contributed by atoms with van der Waals surface area (Å²) < 4.78 is 0.996. The number of hydrogen-bond acceptors (Lipinski definition) is 1. The van der Waals surface area contributed by atoms with E-state index in [1.807, 2.05) is 24.3 Å². The molecule has 1 amide bonds. The van der Waals surface area contributed by atoms with E-state index in [1.54, 1.807) is 0 Å². The highest BCUT2D eigenvalue weighted by Crippen LogP contribution is 2.42. The summed E-state index contributed by atoms with van der Waals surface area (Å²) in [6, 6.07) is 7.93. The fraction of sp³-hybridized carbons (Fsp3) is 0.462. The van der Waals surface area contributed by atoms with E-state index in [0.717, 1.165) is 35.7 Å². The van der Waals surface area contributed by atoms with E-state index in [-0.39, 0.29) is 5.91 Å². The summed E-state index contributed by atoms with van der Waals surface area (Å²) in [4.78, 5) is 11.8. The van der Waals surface area contributed by atoms with Gasteiger partial charge in [-0.3, -0.25) is 4.79 Å². The maximum Gasteiger partial charge on any atom is 0.228 e. The summed E-state index contributed by atoms with van der Waals surface area (Å²) in [5, 5.41) is 0. The van der Waals surface area contributed by atoms with Crippen LogP contribution in [0.1, 0.15) is 37.7 Å². The maximum absolute atomic E-state index is 11.8. The van der Waals surface area contributed by atoms with Gasteiger partial charge in [0.15, 0.2) is 0 Å². The number of primary amides is 1. The van der Waals surface area contributed by atoms with Gasteiger partial charge in [-0.2, -0.15) is 0 Å². The van der Waals surface area contributed by atoms with E-state index in [1.165, 1.54) is 6.42 Å². The molecule has 16 heavy (non-hydrogen) atoms. The van der Waals surface area contributed by atoms with Crippen molar-refractivity contribution in [3.8, 4) is 0 Å². The van der Waals surface area contributed by atoms with Crippen LogP contribution in [0.4, 0.5) is 0 Å². The van der Waals surface area contributed by atoms with E-state index in [9.17, 15) is 4.79 Å². The summed E-state index contributed by atoms with van der Waals surface area (Å²) in [6.07, 6.45) is 5.14. The molecule has 0 unspecified atom stereocenters. The second-order valence-electron chi connectivity index (χ2n) is 4.49. The molecule has 3 heteroatoms. The molecule has 1 fully saturated rings. The Morgan fingerprint density at radius 2 is 1.81 bits per heavy atom. The molecule has 86 valence electrons. The number of nitrogens with two attached hydrogens (primary N) is 1. The van der Waals surface area contributed by atoms with Crippen LogP contribution in [0.25, 0.3) is 0 Å². The van der Waals surface area contributed by atoms with Crippen molar-refractivity contribution in [1.82, 2.24) is 0 Å². The molecule has 1 aliphatic carbocycles. The Morgan fingerprint density at radius 1 is 1.19 bits per heavy atom. The summed E-state index contributed by atoms with van der Waals surface area (Å²) in [7, 11) is 0. The first-order chi connectivity index (χ1) is 7.67. The van der Waals surface area contributed by atoms with Crippen LogP contribution in [0.3, 0.4) is 0 Å². The van der Waals surface area contributed by atoms with Crippen molar-refractivity contribution in [2.24, 2.45) is 5.73 Å². The van der Waals surface area contributed by atoms with Crippen LogP contribution in [0.15, 0.2) is 28.7 Å². The van der Waals surface area contributed by atoms with Gasteiger partial charge in [0.2, 0.25) is 5.91 Å². The lowest BCUT2D eigenvalue weighted by Gasteiger charge is -2.35. The molecule has 1 aromatic carbocycles. The van der Waals surface area contributed by atoms with E-state index in [0.29, 0.717) is 0 Å². The average Bonchev–Trinajstić information content (AvgIpc) is 2.30. The zero-order valence-electron chi connectivity index (χ0n) is 9.21. The van der Waals surface area contributed by atoms with Crippen molar-refractivity contribution < 1.29 is 4.79 Å². The summed E-state index contributed by atoms with van der Waals surface area (Å²) in [5.74, 6) is -0.181. The zero-order chi connectivity index (χ0) is 11.6. The van der Waals surface area contributed by atoms with Gasteiger partial charge < -0.3 is 5.73 Å². The minimum absolute atomic E-state index is 0.181. The summed E-state index contributed by atoms with van der Waals surface area (Å²) in [5.41, 5.74) is 6.25. The largest absolute Gasteiger partial charge is 0.369 e. The molecule has 0 aromatic heterocycles. The molecule has 0 aliphatic heterocycles. The maximum atomic E-state index is 11.8. The topological polar surface area (TPSA) is 43.1 Å². The number of carbonyl (C=O) groups excluding carboxylic acids is 1. The third-order valence-corrected chi connectivity index (χ3v) is 4.26. The van der Waals surface area contributed by atoms with Crippen molar-refractivity contribution in [1.29, 1.82) is 0 Å². The fourth-order valence-corrected chi connectivity index (χ4v) is 3.32. The van der Waals surface area contributed by atoms with Crippen molar-refractivity contribution >= 4 is 21.8 Å². The third-order valence-electron chi connectivity index (χ3n) is 3.57. The minimum atomic E-state index is -0.446. The first kappa shape index (κ1) is 11.6. The molecular formula is C13H16BrNO. The molecule has 0 saturated heterocycles. The second-order valence-corrected chi connectivity index (χ2v) is 5.34. The highest BCUT2D eigenvalue weighted by atomic mass is 79.9. The Hall–Kier alpha value is -0.830. The van der Waals surface area contributed by atoms with Crippen LogP contribution in [0.5, 0.6) is 0 Å². The predicted octanol–water partition coefficient (Wildman–Crippen LogP) is 3.14. The predicted molar refractivity (Wildman–Crippen MR) is 68.1 cm³/mol. The minimum Gasteiger partial charge on any atom is -0.369 e. The van der Waals surface area contributed by atoms with Crippen LogP contribution < -0.4 is 5.73 Å². The van der Waals surface area contributed by atoms with Crippen molar-refractivity contribution in [2.45, 2.75) is 37.5 Å². The zero-order valence-corrected chi connectivity index (χ0v) is 10.8. The number of rotatable bonds is 2. The Kier molecular flexibility index (Phi) is 3.33. The van der Waals surface area contributed by atoms with Gasteiger partial charge in [-0.1, -0.05) is 53.4 Å². The van der Waals surface area contributed by atoms with Gasteiger partial charge in [-0.15, -0.1) is 0 Å². The van der Waals surface area contributed by atoms with Crippen LogP contribution in [-0.2, 0) is 10.2 Å². The Labute approximate surface area is 104 Å². The molecular weight excluding hydrogens is 266 g/mol. The third kappa shape index (κ3) is 1.88. The smallest absolute Gasteiger partial charge is 0.228 e. The Bertz CT molecular complexity index is 397. The van der Waals surface area contributed by atoms with Gasteiger partial charge >= 0.3 is 0 Å². The standard InChI is InChI=1S/C13H16BrNO/c14-11-7-3-2-6-10(11)13(12(15)16)8-4-1-5-9-13/h2-3,6-7H,1,4-5,8-9H2,(H2,15,16). The lowest BCUT2D eigenvalue weighted by atomic mass is 9.69. The normalized spacial score (nSPS) is 19.3. The van der Waals surface area contributed by atoms with Gasteiger partial charge in [0.25, 0.3) is 0 Å². The number of hydrogen-bond donors (Lipinski definition) is 1. The molecule has 1 aromatic rings. The SMILES string of the molecule is NC(=O)C1(c2ccccc2Br)CCCCC1. The molecule has 0 spiro atoms. The van der Waals surface area contributed by atoms with Crippen molar-refractivity contribution in [3.05, 3.63) is 34.3 Å². The Balaban J connectivity index is 2.47. The monoisotopic (exact) mass is 281 g/mol. The van der Waals surface area contributed by atoms with E-state index >= 15 is 0 Å². The van der Waals surface area contributed by atoms with Gasteiger partial charge in [0, 0.05) is 4.47 Å². The lowest BCUT2D eigenvalue weighted by molar-refractivity contribution is -0.124. The highest BCUT2D eigenvalue weighted by molar-refractivity contribution is 9.10. The highest BCUT2D eigenvalue weighted by Gasteiger charge is 2.40. The first-order valence-corrected chi connectivity index (χ1v) is 6.51. The average molecular weight is 282 g/mol. The molecule has 0 atom stereocenters. The fourth-order valence-electron chi connectivity index (χ4n) is 2.65. The molecule has 0 heterocycles. The molecule has 2 rings (SSSR count). The molecule has 2 N–H and O–H groups in total. The van der Waals surface area contributed by atoms with Crippen molar-refractivity contribution in [2.75, 3.05) is 0 Å².